The molecule has 0 bridgehead atoms. The van der Waals surface area contributed by atoms with E-state index in [1.54, 1.807) is 13.0 Å². The first-order chi connectivity index (χ1) is 9.49. The smallest absolute Gasteiger partial charge is 0.273 e. The number of rotatable bonds is 5. The van der Waals surface area contributed by atoms with Gasteiger partial charge in [0.1, 0.15) is 0 Å². The van der Waals surface area contributed by atoms with Gasteiger partial charge in [-0.1, -0.05) is 0 Å². The number of aryl methyl sites for hydroxylation is 1. The van der Waals surface area contributed by atoms with Crippen LogP contribution in [0.15, 0.2) is 16.6 Å². The van der Waals surface area contributed by atoms with Crippen LogP contribution in [0.1, 0.15) is 25.3 Å². The molecule has 2 rings (SSSR count). The maximum Gasteiger partial charge on any atom is 0.273 e. The van der Waals surface area contributed by atoms with Crippen molar-refractivity contribution in [3.63, 3.8) is 0 Å². The molecule has 1 saturated heterocycles. The Bertz CT molecular complexity index is 501. The minimum atomic E-state index is -0.350. The topological polar surface area (TPSA) is 58.4 Å². The molecule has 1 atom stereocenters. The third kappa shape index (κ3) is 3.49. The van der Waals surface area contributed by atoms with Crippen LogP contribution < -0.4 is 5.32 Å². The second kappa shape index (κ2) is 6.54. The van der Waals surface area contributed by atoms with Gasteiger partial charge in [-0.2, -0.15) is 0 Å². The molecule has 0 aliphatic carbocycles. The van der Waals surface area contributed by atoms with E-state index in [1.807, 2.05) is 6.07 Å². The van der Waals surface area contributed by atoms with Crippen molar-refractivity contribution in [1.82, 2.24) is 4.90 Å². The lowest BCUT2D eigenvalue weighted by molar-refractivity contribution is -0.385. The van der Waals surface area contributed by atoms with E-state index in [4.69, 9.17) is 0 Å². The number of hydrogen-bond donors (Lipinski definition) is 1. The highest BCUT2D eigenvalue weighted by molar-refractivity contribution is 9.10. The molecule has 1 N–H and O–H groups in total. The number of nitro groups is 1. The minimum Gasteiger partial charge on any atom is -0.383 e. The minimum absolute atomic E-state index is 0.148. The van der Waals surface area contributed by atoms with Gasteiger partial charge in [-0.15, -0.1) is 0 Å². The van der Waals surface area contributed by atoms with Crippen molar-refractivity contribution in [2.24, 2.45) is 0 Å². The Balaban J connectivity index is 2.02. The Morgan fingerprint density at radius 2 is 2.10 bits per heavy atom. The highest BCUT2D eigenvalue weighted by atomic mass is 79.9. The van der Waals surface area contributed by atoms with Crippen LogP contribution in [-0.4, -0.2) is 35.5 Å². The molecule has 110 valence electrons. The molecule has 1 aliphatic heterocycles. The zero-order valence-electron chi connectivity index (χ0n) is 11.9. The quantitative estimate of drug-likeness (QED) is 0.657. The van der Waals surface area contributed by atoms with Crippen molar-refractivity contribution in [3.05, 3.63) is 32.3 Å². The summed E-state index contributed by atoms with van der Waals surface area (Å²) in [4.78, 5) is 13.0. The van der Waals surface area contributed by atoms with Gasteiger partial charge in [-0.25, -0.2) is 0 Å². The molecule has 0 amide bonds. The van der Waals surface area contributed by atoms with Gasteiger partial charge in [-0.05, 0) is 61.8 Å². The molecule has 6 heteroatoms. The molecular formula is C14H20BrN3O2. The van der Waals surface area contributed by atoms with Crippen molar-refractivity contribution < 1.29 is 4.92 Å². The highest BCUT2D eigenvalue weighted by Gasteiger charge is 2.19. The number of likely N-dealkylation sites (tertiary alicyclic amines) is 1. The predicted molar refractivity (Wildman–Crippen MR) is 84.3 cm³/mol. The Labute approximate surface area is 127 Å². The first-order valence-corrected chi connectivity index (χ1v) is 7.71. The van der Waals surface area contributed by atoms with Gasteiger partial charge in [0.2, 0.25) is 0 Å². The van der Waals surface area contributed by atoms with Crippen LogP contribution in [0.2, 0.25) is 0 Å². The molecule has 1 unspecified atom stereocenters. The molecule has 20 heavy (non-hydrogen) atoms. The lowest BCUT2D eigenvalue weighted by Gasteiger charge is -2.24. The van der Waals surface area contributed by atoms with E-state index in [-0.39, 0.29) is 10.6 Å². The number of halogens is 1. The van der Waals surface area contributed by atoms with Crippen molar-refractivity contribution in [3.8, 4) is 0 Å². The zero-order valence-corrected chi connectivity index (χ0v) is 13.4. The average Bonchev–Trinajstić information content (AvgIpc) is 2.92. The van der Waals surface area contributed by atoms with Crippen LogP contribution in [0.5, 0.6) is 0 Å². The number of hydrogen-bond acceptors (Lipinski definition) is 4. The van der Waals surface area contributed by atoms with Crippen LogP contribution in [0, 0.1) is 17.0 Å². The summed E-state index contributed by atoms with van der Waals surface area (Å²) < 4.78 is 0.739. The maximum atomic E-state index is 10.9. The third-order valence-corrected chi connectivity index (χ3v) is 4.49. The van der Waals surface area contributed by atoms with Gasteiger partial charge in [0, 0.05) is 34.4 Å². The van der Waals surface area contributed by atoms with E-state index in [2.05, 4.69) is 33.1 Å². The van der Waals surface area contributed by atoms with E-state index in [1.165, 1.54) is 25.9 Å². The molecule has 1 aliphatic rings. The molecule has 1 aromatic rings. The fourth-order valence-corrected chi connectivity index (χ4v) is 3.04. The number of nitrogens with one attached hydrogen (secondary N) is 1. The Hall–Kier alpha value is -1.14. The summed E-state index contributed by atoms with van der Waals surface area (Å²) in [5.41, 5.74) is 1.74. The maximum absolute atomic E-state index is 10.9. The van der Waals surface area contributed by atoms with E-state index in [0.717, 1.165) is 16.7 Å². The molecule has 0 saturated carbocycles. The summed E-state index contributed by atoms with van der Waals surface area (Å²) >= 11 is 3.40. The van der Waals surface area contributed by atoms with Gasteiger partial charge in [-0.3, -0.25) is 15.0 Å². The SMILES string of the molecule is Cc1cc(NCC(C)N2CCCC2)c(Br)cc1[N+](=O)[O-]. The van der Waals surface area contributed by atoms with E-state index in [0.29, 0.717) is 11.6 Å². The van der Waals surface area contributed by atoms with Crippen LogP contribution >= 0.6 is 15.9 Å². The molecule has 0 spiro atoms. The molecular weight excluding hydrogens is 322 g/mol. The van der Waals surface area contributed by atoms with Crippen molar-refractivity contribution in [1.29, 1.82) is 0 Å². The average molecular weight is 342 g/mol. The largest absolute Gasteiger partial charge is 0.383 e. The lowest BCUT2D eigenvalue weighted by Crippen LogP contribution is -2.35. The number of nitro benzene ring substituents is 1. The summed E-state index contributed by atoms with van der Waals surface area (Å²) in [6, 6.07) is 3.87. The van der Waals surface area contributed by atoms with Crippen LogP contribution in [-0.2, 0) is 0 Å². The predicted octanol–water partition coefficient (Wildman–Crippen LogP) is 3.56. The second-order valence-electron chi connectivity index (χ2n) is 5.35. The molecule has 0 radical (unpaired) electrons. The van der Waals surface area contributed by atoms with Crippen molar-refractivity contribution in [2.45, 2.75) is 32.7 Å². The molecule has 1 heterocycles. The van der Waals surface area contributed by atoms with Crippen molar-refractivity contribution in [2.75, 3.05) is 25.0 Å². The fourth-order valence-electron chi connectivity index (χ4n) is 2.57. The summed E-state index contributed by atoms with van der Waals surface area (Å²) in [7, 11) is 0. The van der Waals surface area contributed by atoms with Crippen LogP contribution in [0.3, 0.4) is 0 Å². The molecule has 1 aromatic carbocycles. The summed E-state index contributed by atoms with van der Waals surface area (Å²) in [6.07, 6.45) is 2.56. The van der Waals surface area contributed by atoms with Gasteiger partial charge in [0.05, 0.1) is 4.92 Å². The number of benzene rings is 1. The fraction of sp³-hybridized carbons (Fsp3) is 0.571. The number of anilines is 1. The molecule has 5 nitrogen and oxygen atoms in total. The Kier molecular flexibility index (Phi) is 4.99. The molecule has 1 fully saturated rings. The highest BCUT2D eigenvalue weighted by Crippen LogP contribution is 2.30. The van der Waals surface area contributed by atoms with Gasteiger partial charge >= 0.3 is 0 Å². The van der Waals surface area contributed by atoms with Gasteiger partial charge in [0.15, 0.2) is 0 Å². The normalized spacial score (nSPS) is 17.1. The summed E-state index contributed by atoms with van der Waals surface area (Å²) in [5.74, 6) is 0. The Morgan fingerprint density at radius 1 is 1.45 bits per heavy atom. The van der Waals surface area contributed by atoms with Crippen LogP contribution in [0.4, 0.5) is 11.4 Å². The molecule has 0 aromatic heterocycles. The number of nitrogens with zero attached hydrogens (tertiary/aromatic N) is 2. The second-order valence-corrected chi connectivity index (χ2v) is 6.20. The standard InChI is InChI=1S/C14H20BrN3O2/c1-10-7-13(12(15)8-14(10)18(19)20)16-9-11(2)17-5-3-4-6-17/h7-8,11,16H,3-6,9H2,1-2H3. The zero-order chi connectivity index (χ0) is 14.7. The first-order valence-electron chi connectivity index (χ1n) is 6.91. The monoisotopic (exact) mass is 341 g/mol. The Morgan fingerprint density at radius 3 is 2.70 bits per heavy atom. The van der Waals surface area contributed by atoms with Crippen LogP contribution in [0.25, 0.3) is 0 Å². The summed E-state index contributed by atoms with van der Waals surface area (Å²) in [5, 5.41) is 14.3. The van der Waals surface area contributed by atoms with Gasteiger partial charge < -0.3 is 5.32 Å². The van der Waals surface area contributed by atoms with Crippen molar-refractivity contribution >= 4 is 27.3 Å². The first kappa shape index (κ1) is 15.3. The van der Waals surface area contributed by atoms with Gasteiger partial charge in [0.25, 0.3) is 5.69 Å². The third-order valence-electron chi connectivity index (χ3n) is 3.83. The van der Waals surface area contributed by atoms with E-state index >= 15 is 0 Å². The summed E-state index contributed by atoms with van der Waals surface area (Å²) in [6.45, 7) is 7.16. The van der Waals surface area contributed by atoms with E-state index in [9.17, 15) is 10.1 Å². The van der Waals surface area contributed by atoms with E-state index < -0.39 is 0 Å². The lowest BCUT2D eigenvalue weighted by atomic mass is 10.1.